The summed E-state index contributed by atoms with van der Waals surface area (Å²) in [6.07, 6.45) is -4.54. The number of halogens is 3. The van der Waals surface area contributed by atoms with Crippen molar-refractivity contribution in [2.24, 2.45) is 5.92 Å². The SMILES string of the molecule is CCCCC(NC(=O)OCC1c2ccccc2-c2ccccc21)C(=O)NCC(C(=O)O)C(F)(F)F. The molecule has 1 aliphatic carbocycles. The van der Waals surface area contributed by atoms with Crippen LogP contribution in [0, 0.1) is 5.92 Å². The summed E-state index contributed by atoms with van der Waals surface area (Å²) in [6.45, 7) is 0.732. The Hall–Kier alpha value is -3.56. The van der Waals surface area contributed by atoms with Gasteiger partial charge in [-0.2, -0.15) is 13.2 Å². The van der Waals surface area contributed by atoms with Crippen molar-refractivity contribution in [3.05, 3.63) is 59.7 Å². The molecule has 0 heterocycles. The van der Waals surface area contributed by atoms with E-state index in [0.717, 1.165) is 22.3 Å². The van der Waals surface area contributed by atoms with Crippen LogP contribution in [0.1, 0.15) is 43.2 Å². The van der Waals surface area contributed by atoms with Crippen LogP contribution in [0.25, 0.3) is 11.1 Å². The number of carboxylic acids is 1. The van der Waals surface area contributed by atoms with Crippen LogP contribution < -0.4 is 10.6 Å². The Morgan fingerprint density at radius 2 is 1.60 bits per heavy atom. The van der Waals surface area contributed by atoms with Crippen LogP contribution in [-0.2, 0) is 14.3 Å². The van der Waals surface area contributed by atoms with Gasteiger partial charge in [-0.3, -0.25) is 9.59 Å². The zero-order chi connectivity index (χ0) is 25.6. The molecule has 2 aromatic rings. The van der Waals surface area contributed by atoms with Gasteiger partial charge < -0.3 is 20.5 Å². The molecule has 35 heavy (non-hydrogen) atoms. The van der Waals surface area contributed by atoms with Gasteiger partial charge in [-0.1, -0.05) is 68.3 Å². The molecule has 0 saturated carbocycles. The number of alkyl halides is 3. The number of nitrogens with one attached hydrogen (secondary N) is 2. The van der Waals surface area contributed by atoms with E-state index in [1.54, 1.807) is 0 Å². The molecule has 2 unspecified atom stereocenters. The number of carbonyl (C=O) groups excluding carboxylic acids is 2. The number of hydrogen-bond acceptors (Lipinski definition) is 4. The van der Waals surface area contributed by atoms with Crippen LogP contribution in [0.5, 0.6) is 0 Å². The maximum Gasteiger partial charge on any atom is 0.407 e. The van der Waals surface area contributed by atoms with Gasteiger partial charge in [0.2, 0.25) is 5.91 Å². The largest absolute Gasteiger partial charge is 0.481 e. The minimum atomic E-state index is -5.02. The molecule has 188 valence electrons. The van der Waals surface area contributed by atoms with E-state index >= 15 is 0 Å². The number of carbonyl (C=O) groups is 3. The highest BCUT2D eigenvalue weighted by atomic mass is 19.4. The van der Waals surface area contributed by atoms with Gasteiger partial charge in [0, 0.05) is 12.5 Å². The fraction of sp³-hybridized carbons (Fsp3) is 0.400. The topological polar surface area (TPSA) is 105 Å². The van der Waals surface area contributed by atoms with Gasteiger partial charge in [0.25, 0.3) is 0 Å². The maximum atomic E-state index is 12.9. The molecule has 0 radical (unpaired) electrons. The first-order valence-electron chi connectivity index (χ1n) is 11.3. The highest BCUT2D eigenvalue weighted by molar-refractivity contribution is 5.86. The number of rotatable bonds is 10. The van der Waals surface area contributed by atoms with Crippen molar-refractivity contribution < 1.29 is 37.4 Å². The Morgan fingerprint density at radius 3 is 2.11 bits per heavy atom. The zero-order valence-electron chi connectivity index (χ0n) is 19.1. The lowest BCUT2D eigenvalue weighted by molar-refractivity contribution is -0.192. The molecular weight excluding hydrogens is 465 g/mol. The van der Waals surface area contributed by atoms with Gasteiger partial charge in [-0.25, -0.2) is 4.79 Å². The first-order chi connectivity index (χ1) is 16.6. The summed E-state index contributed by atoms with van der Waals surface area (Å²) in [6, 6.07) is 14.4. The molecule has 0 fully saturated rings. The second-order valence-electron chi connectivity index (χ2n) is 8.34. The Morgan fingerprint density at radius 1 is 1.03 bits per heavy atom. The normalized spacial score (nSPS) is 14.4. The zero-order valence-corrected chi connectivity index (χ0v) is 19.1. The Labute approximate surface area is 200 Å². The van der Waals surface area contributed by atoms with Crippen LogP contribution in [-0.4, -0.2) is 48.4 Å². The summed E-state index contributed by atoms with van der Waals surface area (Å²) in [7, 11) is 0. The van der Waals surface area contributed by atoms with Crippen molar-refractivity contribution in [2.75, 3.05) is 13.2 Å². The summed E-state index contributed by atoms with van der Waals surface area (Å²) in [5, 5.41) is 13.2. The molecule has 3 N–H and O–H groups in total. The van der Waals surface area contributed by atoms with E-state index in [2.05, 4.69) is 5.32 Å². The molecule has 1 aliphatic rings. The third-order valence-corrected chi connectivity index (χ3v) is 5.97. The van der Waals surface area contributed by atoms with Crippen molar-refractivity contribution >= 4 is 18.0 Å². The van der Waals surface area contributed by atoms with Gasteiger partial charge >= 0.3 is 18.2 Å². The number of amides is 2. The third kappa shape index (κ3) is 6.32. The van der Waals surface area contributed by atoms with E-state index < -0.39 is 42.7 Å². The maximum absolute atomic E-state index is 12.9. The molecule has 3 rings (SSSR count). The summed E-state index contributed by atoms with van der Waals surface area (Å²) in [4.78, 5) is 35.9. The molecule has 10 heteroatoms. The fourth-order valence-electron chi connectivity index (χ4n) is 4.13. The average molecular weight is 492 g/mol. The number of unbranched alkanes of at least 4 members (excludes halogenated alkanes) is 1. The van der Waals surface area contributed by atoms with Crippen LogP contribution in [0.15, 0.2) is 48.5 Å². The van der Waals surface area contributed by atoms with Gasteiger partial charge in [0.15, 0.2) is 5.92 Å². The minimum absolute atomic E-state index is 0.0111. The predicted molar refractivity (Wildman–Crippen MR) is 122 cm³/mol. The van der Waals surface area contributed by atoms with E-state index in [1.807, 2.05) is 60.8 Å². The number of aliphatic carboxylic acids is 1. The summed E-state index contributed by atoms with van der Waals surface area (Å²) in [5.74, 6) is -5.93. The van der Waals surface area contributed by atoms with E-state index in [0.29, 0.717) is 12.8 Å². The second-order valence-corrected chi connectivity index (χ2v) is 8.34. The molecule has 0 aliphatic heterocycles. The molecule has 7 nitrogen and oxygen atoms in total. The molecule has 2 amide bonds. The standard InChI is InChI=1S/C25H27F3N2O5/c1-2-3-12-21(22(31)29-13-20(23(32)33)25(26,27)28)30-24(34)35-14-19-17-10-6-4-8-15(17)16-9-5-7-11-18(16)19/h4-11,19-21H,2-3,12-14H2,1H3,(H,29,31)(H,30,34)(H,32,33). The number of fused-ring (bicyclic) bond motifs is 3. The smallest absolute Gasteiger partial charge is 0.407 e. The van der Waals surface area contributed by atoms with Crippen LogP contribution in [0.2, 0.25) is 0 Å². The van der Waals surface area contributed by atoms with Crippen molar-refractivity contribution in [3.8, 4) is 11.1 Å². The van der Waals surface area contributed by atoms with Gasteiger partial charge in [-0.05, 0) is 28.7 Å². The first-order valence-corrected chi connectivity index (χ1v) is 11.3. The number of benzene rings is 2. The summed E-state index contributed by atoms with van der Waals surface area (Å²) < 4.78 is 44.0. The average Bonchev–Trinajstić information content (AvgIpc) is 3.13. The first kappa shape index (κ1) is 26.1. The van der Waals surface area contributed by atoms with Gasteiger partial charge in [-0.15, -0.1) is 0 Å². The van der Waals surface area contributed by atoms with E-state index in [9.17, 15) is 27.6 Å². The lowest BCUT2D eigenvalue weighted by Crippen LogP contribution is -2.50. The second kappa shape index (κ2) is 11.2. The lowest BCUT2D eigenvalue weighted by Gasteiger charge is -2.21. The van der Waals surface area contributed by atoms with Crippen molar-refractivity contribution in [2.45, 2.75) is 44.3 Å². The van der Waals surface area contributed by atoms with Crippen molar-refractivity contribution in [3.63, 3.8) is 0 Å². The Balaban J connectivity index is 1.63. The van der Waals surface area contributed by atoms with E-state index in [4.69, 9.17) is 9.84 Å². The van der Waals surface area contributed by atoms with Crippen LogP contribution in [0.4, 0.5) is 18.0 Å². The highest BCUT2D eigenvalue weighted by Crippen LogP contribution is 2.44. The number of alkyl carbamates (subject to hydrolysis) is 1. The molecule has 0 saturated heterocycles. The van der Waals surface area contributed by atoms with E-state index in [1.165, 1.54) is 0 Å². The Bertz CT molecular complexity index is 1030. The number of carboxylic acid groups (broad SMARTS) is 1. The number of hydrogen-bond donors (Lipinski definition) is 3. The van der Waals surface area contributed by atoms with Crippen LogP contribution in [0.3, 0.4) is 0 Å². The quantitative estimate of drug-likeness (QED) is 0.454. The minimum Gasteiger partial charge on any atom is -0.481 e. The molecule has 0 aromatic heterocycles. The summed E-state index contributed by atoms with van der Waals surface area (Å²) >= 11 is 0. The third-order valence-electron chi connectivity index (χ3n) is 5.97. The fourth-order valence-corrected chi connectivity index (χ4v) is 4.13. The van der Waals surface area contributed by atoms with E-state index in [-0.39, 0.29) is 18.9 Å². The monoisotopic (exact) mass is 492 g/mol. The molecule has 2 aromatic carbocycles. The summed E-state index contributed by atoms with van der Waals surface area (Å²) in [5.41, 5.74) is 4.12. The lowest BCUT2D eigenvalue weighted by atomic mass is 9.98. The Kier molecular flexibility index (Phi) is 8.37. The highest BCUT2D eigenvalue weighted by Gasteiger charge is 2.45. The predicted octanol–water partition coefficient (Wildman–Crippen LogP) is 4.46. The molecule has 2 atom stereocenters. The molecular formula is C25H27F3N2O5. The van der Waals surface area contributed by atoms with Crippen molar-refractivity contribution in [1.29, 1.82) is 0 Å². The van der Waals surface area contributed by atoms with Gasteiger partial charge in [0.1, 0.15) is 12.6 Å². The van der Waals surface area contributed by atoms with Crippen molar-refractivity contribution in [1.82, 2.24) is 10.6 Å². The van der Waals surface area contributed by atoms with Gasteiger partial charge in [0.05, 0.1) is 0 Å². The molecule has 0 spiro atoms. The molecule has 0 bridgehead atoms. The number of ether oxygens (including phenoxy) is 1. The van der Waals surface area contributed by atoms with Crippen LogP contribution >= 0.6 is 0 Å².